The van der Waals surface area contributed by atoms with Crippen molar-refractivity contribution in [3.05, 3.63) is 11.6 Å². The maximum Gasteiger partial charge on any atom is 0.392 e. The molecule has 12 heavy (non-hydrogen) atoms. The van der Waals surface area contributed by atoms with E-state index in [2.05, 4.69) is 0 Å². The predicted molar refractivity (Wildman–Crippen MR) is 37.5 cm³/mol. The first-order valence-corrected chi connectivity index (χ1v) is 3.75. The van der Waals surface area contributed by atoms with Gasteiger partial charge in [0.25, 0.3) is 0 Å². The third kappa shape index (κ3) is 2.09. The van der Waals surface area contributed by atoms with E-state index in [-0.39, 0.29) is 19.3 Å². The molecule has 1 rings (SSSR count). The van der Waals surface area contributed by atoms with Gasteiger partial charge < -0.3 is 0 Å². The maximum atomic E-state index is 12.1. The van der Waals surface area contributed by atoms with Crippen LogP contribution >= 0.6 is 0 Å². The minimum atomic E-state index is -4.11. The number of rotatable bonds is 1. The molecule has 0 saturated carbocycles. The maximum absolute atomic E-state index is 12.1. The molecule has 0 aromatic heterocycles. The number of carbonyl (C=O) groups is 1. The Morgan fingerprint density at radius 3 is 2.50 bits per heavy atom. The summed E-state index contributed by atoms with van der Waals surface area (Å²) >= 11 is 0. The summed E-state index contributed by atoms with van der Waals surface area (Å²) in [6.45, 7) is 0. The molecule has 0 aromatic rings. The number of carbonyl (C=O) groups excluding carboxylic acids is 1. The van der Waals surface area contributed by atoms with Crippen LogP contribution in [-0.2, 0) is 4.79 Å². The van der Waals surface area contributed by atoms with Crippen LogP contribution in [0.1, 0.15) is 19.3 Å². The Bertz CT molecular complexity index is 205. The molecule has 1 unspecified atom stereocenters. The lowest BCUT2D eigenvalue weighted by Gasteiger charge is -2.22. The Balaban J connectivity index is 2.57. The third-order valence-corrected chi connectivity index (χ3v) is 2.06. The molecular formula is C8H9F3O. The first-order chi connectivity index (χ1) is 5.54. The van der Waals surface area contributed by atoms with Gasteiger partial charge in [-0.3, -0.25) is 4.79 Å². The fraction of sp³-hybridized carbons (Fsp3) is 0.625. The fourth-order valence-electron chi connectivity index (χ4n) is 1.26. The first kappa shape index (κ1) is 9.29. The van der Waals surface area contributed by atoms with Gasteiger partial charge >= 0.3 is 6.18 Å². The molecule has 0 amide bonds. The van der Waals surface area contributed by atoms with Crippen molar-refractivity contribution in [1.29, 1.82) is 0 Å². The molecule has 0 bridgehead atoms. The van der Waals surface area contributed by atoms with E-state index in [9.17, 15) is 18.0 Å². The number of allylic oxidation sites excluding steroid dienone is 2. The fourth-order valence-corrected chi connectivity index (χ4v) is 1.26. The SMILES string of the molecule is O=CC1=CCC(C(F)(F)F)CC1. The molecular weight excluding hydrogens is 169 g/mol. The van der Waals surface area contributed by atoms with Gasteiger partial charge in [0.05, 0.1) is 5.92 Å². The smallest absolute Gasteiger partial charge is 0.298 e. The van der Waals surface area contributed by atoms with Gasteiger partial charge in [0.15, 0.2) is 0 Å². The Morgan fingerprint density at radius 1 is 1.50 bits per heavy atom. The van der Waals surface area contributed by atoms with Gasteiger partial charge in [0.1, 0.15) is 6.29 Å². The molecule has 0 heterocycles. The second kappa shape index (κ2) is 3.29. The number of aldehydes is 1. The van der Waals surface area contributed by atoms with E-state index in [1.54, 1.807) is 0 Å². The van der Waals surface area contributed by atoms with Crippen molar-refractivity contribution in [1.82, 2.24) is 0 Å². The second-order valence-electron chi connectivity index (χ2n) is 2.91. The average Bonchev–Trinajstić information content (AvgIpc) is 2.03. The Kier molecular flexibility index (Phi) is 2.55. The molecule has 0 N–H and O–H groups in total. The van der Waals surface area contributed by atoms with Crippen LogP contribution < -0.4 is 0 Å². The summed E-state index contributed by atoms with van der Waals surface area (Å²) in [7, 11) is 0. The van der Waals surface area contributed by atoms with Gasteiger partial charge in [-0.1, -0.05) is 6.08 Å². The second-order valence-corrected chi connectivity index (χ2v) is 2.91. The van der Waals surface area contributed by atoms with Crippen LogP contribution in [0.4, 0.5) is 13.2 Å². The molecule has 1 atom stereocenters. The summed E-state index contributed by atoms with van der Waals surface area (Å²) in [4.78, 5) is 10.2. The Morgan fingerprint density at radius 2 is 2.17 bits per heavy atom. The van der Waals surface area contributed by atoms with Crippen LogP contribution in [0.3, 0.4) is 0 Å². The summed E-state index contributed by atoms with van der Waals surface area (Å²) in [6.07, 6.45) is -1.83. The van der Waals surface area contributed by atoms with Crippen molar-refractivity contribution in [2.45, 2.75) is 25.4 Å². The van der Waals surface area contributed by atoms with E-state index in [1.165, 1.54) is 6.08 Å². The highest BCUT2D eigenvalue weighted by Crippen LogP contribution is 2.36. The van der Waals surface area contributed by atoms with E-state index in [4.69, 9.17) is 0 Å². The summed E-state index contributed by atoms with van der Waals surface area (Å²) in [5.41, 5.74) is 0.496. The molecule has 68 valence electrons. The van der Waals surface area contributed by atoms with Crippen molar-refractivity contribution in [2.24, 2.45) is 5.92 Å². The molecule has 0 fully saturated rings. The monoisotopic (exact) mass is 178 g/mol. The molecule has 0 spiro atoms. The van der Waals surface area contributed by atoms with E-state index in [1.807, 2.05) is 0 Å². The Hall–Kier alpha value is -0.800. The van der Waals surface area contributed by atoms with Gasteiger partial charge in [-0.25, -0.2) is 0 Å². The number of alkyl halides is 3. The topological polar surface area (TPSA) is 17.1 Å². The van der Waals surface area contributed by atoms with Gasteiger partial charge in [-0.2, -0.15) is 13.2 Å². The van der Waals surface area contributed by atoms with E-state index in [0.717, 1.165) is 0 Å². The van der Waals surface area contributed by atoms with Gasteiger partial charge in [0.2, 0.25) is 0 Å². The normalized spacial score (nSPS) is 24.9. The van der Waals surface area contributed by atoms with Gasteiger partial charge in [-0.15, -0.1) is 0 Å². The van der Waals surface area contributed by atoms with Crippen LogP contribution in [0.5, 0.6) is 0 Å². The summed E-state index contributed by atoms with van der Waals surface area (Å²) in [6, 6.07) is 0. The lowest BCUT2D eigenvalue weighted by atomic mass is 9.90. The molecule has 0 aliphatic heterocycles. The van der Waals surface area contributed by atoms with Crippen LogP contribution in [0, 0.1) is 5.92 Å². The minimum Gasteiger partial charge on any atom is -0.298 e. The standard InChI is InChI=1S/C8H9F3O/c9-8(10,11)7-3-1-6(5-12)2-4-7/h1,5,7H,2-4H2. The van der Waals surface area contributed by atoms with Crippen molar-refractivity contribution in [2.75, 3.05) is 0 Å². The van der Waals surface area contributed by atoms with Crippen LogP contribution in [-0.4, -0.2) is 12.5 Å². The van der Waals surface area contributed by atoms with Crippen molar-refractivity contribution in [3.8, 4) is 0 Å². The van der Waals surface area contributed by atoms with Crippen LogP contribution in [0.25, 0.3) is 0 Å². The van der Waals surface area contributed by atoms with Crippen LogP contribution in [0.15, 0.2) is 11.6 Å². The zero-order chi connectivity index (χ0) is 9.19. The van der Waals surface area contributed by atoms with Gasteiger partial charge in [0, 0.05) is 0 Å². The average molecular weight is 178 g/mol. The van der Waals surface area contributed by atoms with Crippen molar-refractivity contribution >= 4 is 6.29 Å². The van der Waals surface area contributed by atoms with Crippen molar-refractivity contribution in [3.63, 3.8) is 0 Å². The third-order valence-electron chi connectivity index (χ3n) is 2.06. The van der Waals surface area contributed by atoms with E-state index in [0.29, 0.717) is 11.9 Å². The molecule has 0 aromatic carbocycles. The van der Waals surface area contributed by atoms with E-state index >= 15 is 0 Å². The predicted octanol–water partition coefficient (Wildman–Crippen LogP) is 2.47. The number of halogens is 3. The molecule has 1 aliphatic carbocycles. The van der Waals surface area contributed by atoms with Crippen LogP contribution in [0.2, 0.25) is 0 Å². The highest BCUT2D eigenvalue weighted by atomic mass is 19.4. The largest absolute Gasteiger partial charge is 0.392 e. The highest BCUT2D eigenvalue weighted by molar-refractivity contribution is 5.73. The Labute approximate surface area is 68.3 Å². The molecule has 0 radical (unpaired) electrons. The quantitative estimate of drug-likeness (QED) is 0.564. The van der Waals surface area contributed by atoms with Gasteiger partial charge in [-0.05, 0) is 24.8 Å². The molecule has 0 saturated heterocycles. The lowest BCUT2D eigenvalue weighted by Crippen LogP contribution is -2.24. The number of hydrogen-bond donors (Lipinski definition) is 0. The highest BCUT2D eigenvalue weighted by Gasteiger charge is 2.39. The first-order valence-electron chi connectivity index (χ1n) is 3.75. The summed E-state index contributed by atoms with van der Waals surface area (Å²) < 4.78 is 36.2. The van der Waals surface area contributed by atoms with Crippen molar-refractivity contribution < 1.29 is 18.0 Å². The molecule has 1 nitrogen and oxygen atoms in total. The summed E-state index contributed by atoms with van der Waals surface area (Å²) in [5, 5.41) is 0. The number of hydrogen-bond acceptors (Lipinski definition) is 1. The zero-order valence-corrected chi connectivity index (χ0v) is 6.40. The molecule has 1 aliphatic rings. The minimum absolute atomic E-state index is 0.0441. The molecule has 4 heteroatoms. The lowest BCUT2D eigenvalue weighted by molar-refractivity contribution is -0.176. The summed E-state index contributed by atoms with van der Waals surface area (Å²) in [5.74, 6) is -1.25. The van der Waals surface area contributed by atoms with E-state index < -0.39 is 12.1 Å². The zero-order valence-electron chi connectivity index (χ0n) is 6.40.